The third-order valence-electron chi connectivity index (χ3n) is 8.08. The number of hydrogen-bond donors (Lipinski definition) is 2. The van der Waals surface area contributed by atoms with E-state index in [0.29, 0.717) is 67.1 Å². The van der Waals surface area contributed by atoms with Gasteiger partial charge in [-0.05, 0) is 36.6 Å². The van der Waals surface area contributed by atoms with Gasteiger partial charge in [0.25, 0.3) is 5.56 Å². The summed E-state index contributed by atoms with van der Waals surface area (Å²) in [7, 11) is 1.77. The Hall–Kier alpha value is -4.61. The van der Waals surface area contributed by atoms with Crippen molar-refractivity contribution in [2.45, 2.75) is 45.0 Å². The smallest absolute Gasteiger partial charge is 0.281 e. The second-order valence-corrected chi connectivity index (χ2v) is 11.2. The number of carbonyl (C=O) groups is 1. The molecule has 4 heterocycles. The number of likely N-dealkylation sites (tertiary alicyclic amines) is 1. The van der Waals surface area contributed by atoms with Crippen LogP contribution in [0.2, 0.25) is 0 Å². The number of aliphatic hydroxyl groups is 1. The number of nitrogens with one attached hydrogen (secondary N) is 1. The molecule has 10 nitrogen and oxygen atoms in total. The number of fused-ring (bicyclic) bond motifs is 1. The minimum Gasteiger partial charge on any atom is -0.464 e. The third kappa shape index (κ3) is 5.99. The van der Waals surface area contributed by atoms with Gasteiger partial charge in [0.15, 0.2) is 5.52 Å². The van der Waals surface area contributed by atoms with Crippen LogP contribution < -0.4 is 10.9 Å². The zero-order chi connectivity index (χ0) is 30.1. The predicted octanol–water partition coefficient (Wildman–Crippen LogP) is 3.86. The van der Waals surface area contributed by atoms with Gasteiger partial charge in [0.2, 0.25) is 5.91 Å². The molecule has 1 saturated heterocycles. The number of amides is 1. The van der Waals surface area contributed by atoms with Crippen LogP contribution in [-0.2, 0) is 31.5 Å². The lowest BCUT2D eigenvalue weighted by atomic mass is 9.91. The maximum absolute atomic E-state index is 14.8. The largest absolute Gasteiger partial charge is 0.464 e. The highest BCUT2D eigenvalue weighted by atomic mass is 19.1. The van der Waals surface area contributed by atoms with Crippen molar-refractivity contribution in [1.29, 1.82) is 0 Å². The van der Waals surface area contributed by atoms with Crippen LogP contribution in [0.3, 0.4) is 0 Å². The van der Waals surface area contributed by atoms with Crippen molar-refractivity contribution in [1.82, 2.24) is 29.5 Å². The molecule has 2 aromatic carbocycles. The number of hydrogen-bond acceptors (Lipinski definition) is 7. The molecule has 1 aliphatic heterocycles. The van der Waals surface area contributed by atoms with Crippen molar-refractivity contribution in [2.75, 3.05) is 13.1 Å². The third-order valence-corrected chi connectivity index (χ3v) is 8.08. The molecule has 43 heavy (non-hydrogen) atoms. The molecule has 0 atom stereocenters. The van der Waals surface area contributed by atoms with E-state index in [1.54, 1.807) is 36.2 Å². The van der Waals surface area contributed by atoms with Gasteiger partial charge in [0.05, 0.1) is 30.4 Å². The first-order valence-corrected chi connectivity index (χ1v) is 14.2. The van der Waals surface area contributed by atoms with E-state index in [2.05, 4.69) is 20.3 Å². The quantitative estimate of drug-likeness (QED) is 0.284. The Morgan fingerprint density at radius 3 is 2.51 bits per heavy atom. The van der Waals surface area contributed by atoms with Gasteiger partial charge in [0, 0.05) is 56.8 Å². The first-order chi connectivity index (χ1) is 20.7. The Kier molecular flexibility index (Phi) is 7.68. The van der Waals surface area contributed by atoms with Crippen molar-refractivity contribution in [3.05, 3.63) is 94.5 Å². The number of benzene rings is 2. The normalized spacial score (nSPS) is 15.2. The molecule has 1 amide bonds. The van der Waals surface area contributed by atoms with Crippen LogP contribution in [0.1, 0.15) is 30.9 Å². The summed E-state index contributed by atoms with van der Waals surface area (Å²) in [5.41, 5.74) is 3.08. The first-order valence-electron chi connectivity index (χ1n) is 14.2. The molecule has 0 aliphatic carbocycles. The first kappa shape index (κ1) is 28.5. The van der Waals surface area contributed by atoms with Crippen LogP contribution in [0.25, 0.3) is 33.6 Å². The summed E-state index contributed by atoms with van der Waals surface area (Å²) < 4.78 is 23.3. The highest BCUT2D eigenvalue weighted by Crippen LogP contribution is 2.29. The molecule has 0 bridgehead atoms. The van der Waals surface area contributed by atoms with Gasteiger partial charge in [-0.3, -0.25) is 23.7 Å². The molecule has 1 fully saturated rings. The molecule has 0 spiro atoms. The molecule has 0 saturated carbocycles. The Morgan fingerprint density at radius 1 is 1.09 bits per heavy atom. The lowest BCUT2D eigenvalue weighted by molar-refractivity contribution is -0.119. The second kappa shape index (κ2) is 11.6. The molecule has 0 unspecified atom stereocenters. The van der Waals surface area contributed by atoms with Crippen LogP contribution in [0.15, 0.2) is 76.4 Å². The van der Waals surface area contributed by atoms with E-state index in [4.69, 9.17) is 4.42 Å². The average Bonchev–Trinajstić information content (AvgIpc) is 3.65. The van der Waals surface area contributed by atoms with Gasteiger partial charge in [0.1, 0.15) is 17.1 Å². The number of piperidine rings is 1. The lowest BCUT2D eigenvalue weighted by Crippen LogP contribution is -2.47. The van der Waals surface area contributed by atoms with Gasteiger partial charge < -0.3 is 14.8 Å². The average molecular weight is 585 g/mol. The van der Waals surface area contributed by atoms with Gasteiger partial charge in [-0.15, -0.1) is 0 Å². The van der Waals surface area contributed by atoms with Gasteiger partial charge in [-0.1, -0.05) is 36.4 Å². The van der Waals surface area contributed by atoms with Crippen LogP contribution in [0.5, 0.6) is 0 Å². The highest BCUT2D eigenvalue weighted by Gasteiger charge is 2.33. The van der Waals surface area contributed by atoms with Crippen LogP contribution in [-0.4, -0.2) is 53.9 Å². The van der Waals surface area contributed by atoms with E-state index in [9.17, 15) is 19.1 Å². The Morgan fingerprint density at radius 2 is 1.84 bits per heavy atom. The second-order valence-electron chi connectivity index (χ2n) is 11.2. The molecular weight excluding hydrogens is 551 g/mol. The minimum absolute atomic E-state index is 0.0958. The van der Waals surface area contributed by atoms with Gasteiger partial charge >= 0.3 is 0 Å². The standard InChI is InChI=1S/C32H33FN6O4/c1-21(40)34-17-22-5-7-23(8-6-22)30-28-29(36-37(30)2)31(41)39(20-35-28)19-32(42)11-13-38(14-12-32)18-25-10-9-24(16-26(25)33)27-4-3-15-43-27/h3-10,15-16,20,42H,11-14,17-19H2,1-2H3,(H,34,40). The molecule has 3 aromatic heterocycles. The number of aromatic nitrogens is 4. The zero-order valence-corrected chi connectivity index (χ0v) is 24.1. The summed E-state index contributed by atoms with van der Waals surface area (Å²) >= 11 is 0. The Balaban J connectivity index is 1.13. The van der Waals surface area contributed by atoms with E-state index < -0.39 is 5.60 Å². The molecule has 11 heteroatoms. The number of halogens is 1. The van der Waals surface area contributed by atoms with Crippen LogP contribution in [0.4, 0.5) is 4.39 Å². The van der Waals surface area contributed by atoms with E-state index in [-0.39, 0.29) is 29.3 Å². The topological polar surface area (TPSA) is 118 Å². The van der Waals surface area contributed by atoms with Crippen molar-refractivity contribution in [2.24, 2.45) is 7.05 Å². The Labute approximate surface area is 247 Å². The molecule has 1 aliphatic rings. The monoisotopic (exact) mass is 584 g/mol. The summed E-state index contributed by atoms with van der Waals surface area (Å²) in [6, 6.07) is 16.3. The number of carbonyl (C=O) groups excluding carboxylic acids is 1. The molecule has 6 rings (SSSR count). The molecule has 5 aromatic rings. The van der Waals surface area contributed by atoms with Crippen LogP contribution >= 0.6 is 0 Å². The highest BCUT2D eigenvalue weighted by molar-refractivity contribution is 5.89. The lowest BCUT2D eigenvalue weighted by Gasteiger charge is -2.38. The summed E-state index contributed by atoms with van der Waals surface area (Å²) in [4.78, 5) is 31.3. The van der Waals surface area contributed by atoms with E-state index in [1.165, 1.54) is 23.9 Å². The van der Waals surface area contributed by atoms with Crippen molar-refractivity contribution < 1.29 is 18.7 Å². The van der Waals surface area contributed by atoms with Crippen molar-refractivity contribution in [3.8, 4) is 22.6 Å². The van der Waals surface area contributed by atoms with E-state index in [1.807, 2.05) is 30.3 Å². The summed E-state index contributed by atoms with van der Waals surface area (Å²) in [6.45, 7) is 3.56. The molecule has 0 radical (unpaired) electrons. The summed E-state index contributed by atoms with van der Waals surface area (Å²) in [5.74, 6) is 0.226. The van der Waals surface area contributed by atoms with E-state index in [0.717, 1.165) is 11.1 Å². The van der Waals surface area contributed by atoms with E-state index >= 15 is 0 Å². The van der Waals surface area contributed by atoms with Crippen molar-refractivity contribution >= 4 is 16.9 Å². The van der Waals surface area contributed by atoms with Gasteiger partial charge in [-0.2, -0.15) is 5.10 Å². The minimum atomic E-state index is -1.10. The number of aryl methyl sites for hydroxylation is 1. The Bertz CT molecular complexity index is 1820. The number of furan rings is 1. The molecule has 222 valence electrons. The molecular formula is C32H33FN6O4. The number of rotatable bonds is 8. The fourth-order valence-electron chi connectivity index (χ4n) is 5.65. The molecule has 2 N–H and O–H groups in total. The zero-order valence-electron chi connectivity index (χ0n) is 24.1. The van der Waals surface area contributed by atoms with Crippen molar-refractivity contribution in [3.63, 3.8) is 0 Å². The number of nitrogens with zero attached hydrogens (tertiary/aromatic N) is 5. The van der Waals surface area contributed by atoms with Crippen LogP contribution in [0, 0.1) is 5.82 Å². The fraction of sp³-hybridized carbons (Fsp3) is 0.312. The fourth-order valence-corrected chi connectivity index (χ4v) is 5.65. The maximum Gasteiger partial charge on any atom is 0.281 e. The maximum atomic E-state index is 14.8. The van der Waals surface area contributed by atoms with Gasteiger partial charge in [-0.25, -0.2) is 9.37 Å². The summed E-state index contributed by atoms with van der Waals surface area (Å²) in [6.07, 6.45) is 3.90. The predicted molar refractivity (Wildman–Crippen MR) is 159 cm³/mol. The summed E-state index contributed by atoms with van der Waals surface area (Å²) in [5, 5.41) is 18.6. The SMILES string of the molecule is CC(=O)NCc1ccc(-c2c3ncn(CC4(O)CCN(Cc5ccc(-c6ccco6)cc5F)CC4)c(=O)c3nn2C)cc1.